The van der Waals surface area contributed by atoms with Gasteiger partial charge in [0.2, 0.25) is 0 Å². The van der Waals surface area contributed by atoms with Crippen LogP contribution in [-0.2, 0) is 12.8 Å². The maximum absolute atomic E-state index is 11.2. The number of aromatic carboxylic acids is 1. The van der Waals surface area contributed by atoms with E-state index < -0.39 is 5.97 Å². The van der Waals surface area contributed by atoms with Crippen molar-refractivity contribution in [1.29, 1.82) is 0 Å². The van der Waals surface area contributed by atoms with E-state index in [1.54, 1.807) is 12.1 Å². The van der Waals surface area contributed by atoms with E-state index in [1.165, 1.54) is 23.6 Å². The minimum atomic E-state index is -0.992. The molecule has 0 heterocycles. The first-order chi connectivity index (χ1) is 9.63. The Hall–Kier alpha value is -1.81. The fourth-order valence-corrected chi connectivity index (χ4v) is 2.84. The first-order valence-corrected chi connectivity index (χ1v) is 7.25. The molecule has 0 atom stereocenters. The van der Waals surface area contributed by atoms with Crippen molar-refractivity contribution in [2.45, 2.75) is 19.3 Å². The molecule has 0 amide bonds. The number of hydrogen-bond donors (Lipinski definition) is 1. The van der Waals surface area contributed by atoms with Crippen LogP contribution in [0.15, 0.2) is 40.9 Å². The van der Waals surface area contributed by atoms with Crippen LogP contribution in [0.4, 0.5) is 0 Å². The van der Waals surface area contributed by atoms with Gasteiger partial charge >= 0.3 is 5.97 Å². The predicted molar refractivity (Wildman–Crippen MR) is 79.6 cm³/mol. The zero-order valence-electron chi connectivity index (χ0n) is 10.7. The van der Waals surface area contributed by atoms with E-state index in [2.05, 4.69) is 22.0 Å². The molecule has 0 spiro atoms. The Morgan fingerprint density at radius 3 is 2.70 bits per heavy atom. The van der Waals surface area contributed by atoms with E-state index in [-0.39, 0.29) is 5.56 Å². The lowest BCUT2D eigenvalue weighted by atomic mass is 10.1. The minimum Gasteiger partial charge on any atom is -0.478 e. The molecule has 0 aromatic heterocycles. The van der Waals surface area contributed by atoms with Gasteiger partial charge in [-0.05, 0) is 60.7 Å². The summed E-state index contributed by atoms with van der Waals surface area (Å²) in [7, 11) is 0. The summed E-state index contributed by atoms with van der Waals surface area (Å²) < 4.78 is 6.56. The number of benzene rings is 2. The summed E-state index contributed by atoms with van der Waals surface area (Å²) in [6.45, 7) is 0. The zero-order chi connectivity index (χ0) is 14.1. The topological polar surface area (TPSA) is 46.5 Å². The van der Waals surface area contributed by atoms with Crippen molar-refractivity contribution in [3.8, 4) is 11.5 Å². The third-order valence-electron chi connectivity index (χ3n) is 3.47. The third kappa shape index (κ3) is 2.56. The molecule has 4 heteroatoms. The van der Waals surface area contributed by atoms with Crippen molar-refractivity contribution in [3.05, 3.63) is 57.6 Å². The smallest absolute Gasteiger partial charge is 0.339 e. The van der Waals surface area contributed by atoms with Crippen molar-refractivity contribution in [2.24, 2.45) is 0 Å². The molecule has 1 N–H and O–H groups in total. The average molecular weight is 333 g/mol. The molecule has 0 radical (unpaired) electrons. The quantitative estimate of drug-likeness (QED) is 0.904. The van der Waals surface area contributed by atoms with E-state index in [4.69, 9.17) is 4.74 Å². The summed E-state index contributed by atoms with van der Waals surface area (Å²) in [4.78, 5) is 11.2. The van der Waals surface area contributed by atoms with E-state index in [9.17, 15) is 9.90 Å². The van der Waals surface area contributed by atoms with Gasteiger partial charge in [0.15, 0.2) is 0 Å². The standard InChI is InChI=1S/C16H13BrO3/c17-12-5-7-14(16(18)19)15(9-12)20-13-6-4-10-2-1-3-11(10)8-13/h4-9H,1-3H2,(H,18,19). The molecule has 102 valence electrons. The SMILES string of the molecule is O=C(O)c1ccc(Br)cc1Oc1ccc2c(c1)CCC2. The van der Waals surface area contributed by atoms with E-state index >= 15 is 0 Å². The Morgan fingerprint density at radius 1 is 1.10 bits per heavy atom. The number of carboxylic acid groups (broad SMARTS) is 1. The van der Waals surface area contributed by atoms with Gasteiger partial charge in [-0.2, -0.15) is 0 Å². The molecule has 3 nitrogen and oxygen atoms in total. The number of hydrogen-bond acceptors (Lipinski definition) is 2. The highest BCUT2D eigenvalue weighted by atomic mass is 79.9. The molecule has 2 aromatic rings. The Morgan fingerprint density at radius 2 is 1.90 bits per heavy atom. The molecule has 0 aliphatic heterocycles. The number of aryl methyl sites for hydroxylation is 2. The Labute approximate surface area is 125 Å². The van der Waals surface area contributed by atoms with Crippen molar-refractivity contribution in [1.82, 2.24) is 0 Å². The van der Waals surface area contributed by atoms with Crippen LogP contribution < -0.4 is 4.74 Å². The first kappa shape index (κ1) is 13.2. The van der Waals surface area contributed by atoms with Crippen LogP contribution in [0.2, 0.25) is 0 Å². The highest BCUT2D eigenvalue weighted by Gasteiger charge is 2.15. The van der Waals surface area contributed by atoms with Crippen LogP contribution in [0.5, 0.6) is 11.5 Å². The fourth-order valence-electron chi connectivity index (χ4n) is 2.50. The number of ether oxygens (including phenoxy) is 1. The van der Waals surface area contributed by atoms with Crippen molar-refractivity contribution >= 4 is 21.9 Å². The van der Waals surface area contributed by atoms with Crippen LogP contribution >= 0.6 is 15.9 Å². The summed E-state index contributed by atoms with van der Waals surface area (Å²) in [5, 5.41) is 9.19. The average Bonchev–Trinajstić information content (AvgIpc) is 2.85. The van der Waals surface area contributed by atoms with Crippen LogP contribution in [0.3, 0.4) is 0 Å². The fraction of sp³-hybridized carbons (Fsp3) is 0.188. The van der Waals surface area contributed by atoms with E-state index in [0.717, 1.165) is 17.3 Å². The lowest BCUT2D eigenvalue weighted by Crippen LogP contribution is -2.00. The molecule has 3 rings (SSSR count). The largest absolute Gasteiger partial charge is 0.478 e. The number of carbonyl (C=O) groups is 1. The van der Waals surface area contributed by atoms with Crippen molar-refractivity contribution in [3.63, 3.8) is 0 Å². The second-order valence-corrected chi connectivity index (χ2v) is 5.75. The second kappa shape index (κ2) is 5.29. The van der Waals surface area contributed by atoms with Crippen molar-refractivity contribution < 1.29 is 14.6 Å². The maximum Gasteiger partial charge on any atom is 0.339 e. The maximum atomic E-state index is 11.2. The highest BCUT2D eigenvalue weighted by Crippen LogP contribution is 2.32. The van der Waals surface area contributed by atoms with Gasteiger partial charge in [0.1, 0.15) is 17.1 Å². The Balaban J connectivity index is 1.95. The lowest BCUT2D eigenvalue weighted by molar-refractivity contribution is 0.0694. The van der Waals surface area contributed by atoms with Crippen LogP contribution in [-0.4, -0.2) is 11.1 Å². The summed E-state index contributed by atoms with van der Waals surface area (Å²) in [5.74, 6) is 0.0460. The summed E-state index contributed by atoms with van der Waals surface area (Å²) in [6, 6.07) is 10.9. The van der Waals surface area contributed by atoms with Crippen LogP contribution in [0.1, 0.15) is 27.9 Å². The van der Waals surface area contributed by atoms with Crippen LogP contribution in [0.25, 0.3) is 0 Å². The normalized spacial score (nSPS) is 13.1. The molecule has 0 bridgehead atoms. The van der Waals surface area contributed by atoms with E-state index in [1.807, 2.05) is 12.1 Å². The van der Waals surface area contributed by atoms with Gasteiger partial charge in [-0.15, -0.1) is 0 Å². The summed E-state index contributed by atoms with van der Waals surface area (Å²) in [6.07, 6.45) is 3.36. The third-order valence-corrected chi connectivity index (χ3v) is 3.97. The van der Waals surface area contributed by atoms with Gasteiger partial charge in [0, 0.05) is 4.47 Å². The first-order valence-electron chi connectivity index (χ1n) is 6.46. The van der Waals surface area contributed by atoms with Crippen LogP contribution in [0, 0.1) is 0 Å². The van der Waals surface area contributed by atoms with Gasteiger partial charge in [-0.1, -0.05) is 22.0 Å². The summed E-state index contributed by atoms with van der Waals surface area (Å²) >= 11 is 3.34. The van der Waals surface area contributed by atoms with Gasteiger partial charge in [-0.25, -0.2) is 4.79 Å². The number of fused-ring (bicyclic) bond motifs is 1. The monoisotopic (exact) mass is 332 g/mol. The molecule has 1 aliphatic carbocycles. The lowest BCUT2D eigenvalue weighted by Gasteiger charge is -2.10. The zero-order valence-corrected chi connectivity index (χ0v) is 12.3. The Bertz CT molecular complexity index is 679. The molecule has 0 saturated heterocycles. The Kier molecular flexibility index (Phi) is 3.49. The summed E-state index contributed by atoms with van der Waals surface area (Å²) in [5.41, 5.74) is 2.83. The van der Waals surface area contributed by atoms with Crippen molar-refractivity contribution in [2.75, 3.05) is 0 Å². The van der Waals surface area contributed by atoms with Gasteiger partial charge in [-0.3, -0.25) is 0 Å². The highest BCUT2D eigenvalue weighted by molar-refractivity contribution is 9.10. The van der Waals surface area contributed by atoms with Gasteiger partial charge < -0.3 is 9.84 Å². The number of rotatable bonds is 3. The molecule has 20 heavy (non-hydrogen) atoms. The van der Waals surface area contributed by atoms with E-state index in [0.29, 0.717) is 11.5 Å². The number of halogens is 1. The number of carboxylic acids is 1. The molecular weight excluding hydrogens is 320 g/mol. The van der Waals surface area contributed by atoms with Gasteiger partial charge in [0.05, 0.1) is 0 Å². The molecule has 1 aliphatic rings. The molecular formula is C16H13BrO3. The molecule has 0 unspecified atom stereocenters. The molecule has 0 fully saturated rings. The predicted octanol–water partition coefficient (Wildman–Crippen LogP) is 4.43. The molecule has 0 saturated carbocycles. The molecule has 2 aromatic carbocycles. The van der Waals surface area contributed by atoms with Gasteiger partial charge in [0.25, 0.3) is 0 Å². The minimum absolute atomic E-state index is 0.161. The second-order valence-electron chi connectivity index (χ2n) is 4.83.